The molecule has 0 unspecified atom stereocenters. The molecule has 1 N–H and O–H groups in total. The molecule has 0 saturated carbocycles. The number of nitrogens with zero attached hydrogens (tertiary/aromatic N) is 1. The molecule has 1 aliphatic rings. The Bertz CT molecular complexity index is 600. The molecule has 1 aromatic carbocycles. The Labute approximate surface area is 139 Å². The lowest BCUT2D eigenvalue weighted by Crippen LogP contribution is -2.33. The van der Waals surface area contributed by atoms with E-state index in [1.807, 2.05) is 0 Å². The highest BCUT2D eigenvalue weighted by Gasteiger charge is 2.39. The lowest BCUT2D eigenvalue weighted by atomic mass is 9.96. The van der Waals surface area contributed by atoms with Gasteiger partial charge in [0.15, 0.2) is 0 Å². The molecular formula is C17H19NO6. The van der Waals surface area contributed by atoms with Crippen LogP contribution >= 0.6 is 0 Å². The maximum atomic E-state index is 11.9. The first-order chi connectivity index (χ1) is 11.6. The van der Waals surface area contributed by atoms with Gasteiger partial charge in [-0.2, -0.15) is 0 Å². The van der Waals surface area contributed by atoms with E-state index in [2.05, 4.69) is 11.7 Å². The monoisotopic (exact) mass is 333 g/mol. The Morgan fingerprint density at radius 1 is 1.46 bits per heavy atom. The molecule has 3 atom stereocenters. The zero-order valence-electron chi connectivity index (χ0n) is 13.0. The fourth-order valence-electron chi connectivity index (χ4n) is 2.23. The number of oxime groups is 1. The number of cyclic esters (lactones) is 1. The lowest BCUT2D eigenvalue weighted by Gasteiger charge is -2.19. The Morgan fingerprint density at radius 3 is 2.92 bits per heavy atom. The largest absolute Gasteiger partial charge is 0.459 e. The standard InChI is InChI=1S/C17H19NO6/c1-2-8-23-18-10-15-13(9-16(20)24-15)14(19)11-22-17(21)12-6-4-3-5-7-12/h2-7,10,13-15,19H,1,8-9,11H2/b18-10+/t13-,14+,15+/m1/s1. The van der Waals surface area contributed by atoms with Crippen LogP contribution in [0.25, 0.3) is 0 Å². The molecule has 7 heteroatoms. The average molecular weight is 333 g/mol. The first-order valence-corrected chi connectivity index (χ1v) is 7.48. The molecule has 1 aliphatic heterocycles. The molecule has 2 rings (SSSR count). The van der Waals surface area contributed by atoms with E-state index in [1.165, 1.54) is 12.3 Å². The van der Waals surface area contributed by atoms with Crippen molar-refractivity contribution in [3.05, 3.63) is 48.6 Å². The van der Waals surface area contributed by atoms with Gasteiger partial charge in [-0.05, 0) is 12.1 Å². The third kappa shape index (κ3) is 4.92. The van der Waals surface area contributed by atoms with Crippen LogP contribution in [0.2, 0.25) is 0 Å². The van der Waals surface area contributed by atoms with Crippen LogP contribution in [0, 0.1) is 5.92 Å². The second-order valence-corrected chi connectivity index (χ2v) is 5.19. The van der Waals surface area contributed by atoms with Crippen molar-refractivity contribution in [1.29, 1.82) is 0 Å². The number of aliphatic hydroxyl groups excluding tert-OH is 1. The van der Waals surface area contributed by atoms with E-state index in [0.29, 0.717) is 5.56 Å². The number of esters is 2. The van der Waals surface area contributed by atoms with Crippen molar-refractivity contribution in [2.24, 2.45) is 11.1 Å². The van der Waals surface area contributed by atoms with E-state index in [0.717, 1.165) is 0 Å². The van der Waals surface area contributed by atoms with Crippen molar-refractivity contribution in [3.8, 4) is 0 Å². The molecule has 128 valence electrons. The number of carbonyl (C=O) groups excluding carboxylic acids is 2. The molecule has 1 heterocycles. The average Bonchev–Trinajstić information content (AvgIpc) is 2.98. The van der Waals surface area contributed by atoms with Crippen molar-refractivity contribution < 1.29 is 29.0 Å². The summed E-state index contributed by atoms with van der Waals surface area (Å²) in [6, 6.07) is 8.44. The zero-order valence-corrected chi connectivity index (χ0v) is 13.0. The van der Waals surface area contributed by atoms with E-state index in [4.69, 9.17) is 14.3 Å². The van der Waals surface area contributed by atoms with E-state index < -0.39 is 30.1 Å². The molecule has 0 radical (unpaired) electrons. The summed E-state index contributed by atoms with van der Waals surface area (Å²) in [5.74, 6) is -1.55. The SMILES string of the molecule is C=CCO/N=C/[C@@H]1OC(=O)C[C@@H]1[C@@H](O)COC(=O)c1ccccc1. The summed E-state index contributed by atoms with van der Waals surface area (Å²) in [7, 11) is 0. The van der Waals surface area contributed by atoms with Crippen LogP contribution in [-0.4, -0.2) is 48.7 Å². The highest BCUT2D eigenvalue weighted by molar-refractivity contribution is 5.89. The lowest BCUT2D eigenvalue weighted by molar-refractivity contribution is -0.139. The number of aliphatic hydroxyl groups is 1. The van der Waals surface area contributed by atoms with Crippen molar-refractivity contribution in [3.63, 3.8) is 0 Å². The van der Waals surface area contributed by atoms with Crippen LogP contribution in [-0.2, 0) is 19.1 Å². The summed E-state index contributed by atoms with van der Waals surface area (Å²) in [4.78, 5) is 28.2. The number of ether oxygens (including phenoxy) is 2. The van der Waals surface area contributed by atoms with Crippen molar-refractivity contribution in [2.45, 2.75) is 18.6 Å². The number of carbonyl (C=O) groups is 2. The molecule has 24 heavy (non-hydrogen) atoms. The Balaban J connectivity index is 1.88. The topological polar surface area (TPSA) is 94.4 Å². The van der Waals surface area contributed by atoms with Crippen molar-refractivity contribution in [2.75, 3.05) is 13.2 Å². The molecular weight excluding hydrogens is 314 g/mol. The van der Waals surface area contributed by atoms with Gasteiger partial charge in [-0.3, -0.25) is 4.79 Å². The predicted octanol–water partition coefficient (Wildman–Crippen LogP) is 1.32. The summed E-state index contributed by atoms with van der Waals surface area (Å²) >= 11 is 0. The molecule has 1 saturated heterocycles. The number of hydrogen-bond donors (Lipinski definition) is 1. The first kappa shape index (κ1) is 17.7. The smallest absolute Gasteiger partial charge is 0.338 e. The van der Waals surface area contributed by atoms with E-state index >= 15 is 0 Å². The van der Waals surface area contributed by atoms with Gasteiger partial charge in [0.25, 0.3) is 0 Å². The Hall–Kier alpha value is -2.67. The van der Waals surface area contributed by atoms with Crippen molar-refractivity contribution >= 4 is 18.2 Å². The first-order valence-electron chi connectivity index (χ1n) is 7.48. The summed E-state index contributed by atoms with van der Waals surface area (Å²) < 4.78 is 10.2. The highest BCUT2D eigenvalue weighted by atomic mass is 16.6. The van der Waals surface area contributed by atoms with Gasteiger partial charge in [-0.25, -0.2) is 4.79 Å². The van der Waals surface area contributed by atoms with Crippen LogP contribution in [0.3, 0.4) is 0 Å². The summed E-state index contributed by atoms with van der Waals surface area (Å²) in [6.45, 7) is 3.46. The second kappa shape index (κ2) is 8.83. The molecule has 0 bridgehead atoms. The summed E-state index contributed by atoms with van der Waals surface area (Å²) in [5, 5.41) is 13.9. The molecule has 0 spiro atoms. The highest BCUT2D eigenvalue weighted by Crippen LogP contribution is 2.25. The van der Waals surface area contributed by atoms with Gasteiger partial charge in [-0.15, -0.1) is 0 Å². The van der Waals surface area contributed by atoms with E-state index in [-0.39, 0.29) is 19.6 Å². The molecule has 0 aliphatic carbocycles. The fourth-order valence-corrected chi connectivity index (χ4v) is 2.23. The predicted molar refractivity (Wildman–Crippen MR) is 85.4 cm³/mol. The Kier molecular flexibility index (Phi) is 6.51. The van der Waals surface area contributed by atoms with Gasteiger partial charge in [-0.1, -0.05) is 36.0 Å². The van der Waals surface area contributed by atoms with Crippen LogP contribution in [0.1, 0.15) is 16.8 Å². The third-order valence-corrected chi connectivity index (χ3v) is 3.46. The quantitative estimate of drug-likeness (QED) is 0.253. The summed E-state index contributed by atoms with van der Waals surface area (Å²) in [6.07, 6.45) is 1.06. The summed E-state index contributed by atoms with van der Waals surface area (Å²) in [5.41, 5.74) is 0.388. The van der Waals surface area contributed by atoms with Gasteiger partial charge in [0, 0.05) is 5.92 Å². The van der Waals surface area contributed by atoms with Gasteiger partial charge >= 0.3 is 11.9 Å². The van der Waals surface area contributed by atoms with Crippen LogP contribution in [0.5, 0.6) is 0 Å². The van der Waals surface area contributed by atoms with Gasteiger partial charge in [0.2, 0.25) is 0 Å². The van der Waals surface area contributed by atoms with E-state index in [9.17, 15) is 14.7 Å². The second-order valence-electron chi connectivity index (χ2n) is 5.19. The number of benzene rings is 1. The molecule has 7 nitrogen and oxygen atoms in total. The molecule has 0 amide bonds. The number of rotatable bonds is 8. The van der Waals surface area contributed by atoms with Crippen LogP contribution < -0.4 is 0 Å². The number of hydrogen-bond acceptors (Lipinski definition) is 7. The minimum absolute atomic E-state index is 0.0161. The maximum absolute atomic E-state index is 11.9. The Morgan fingerprint density at radius 2 is 2.21 bits per heavy atom. The zero-order chi connectivity index (χ0) is 17.4. The van der Waals surface area contributed by atoms with Crippen LogP contribution in [0.15, 0.2) is 48.1 Å². The minimum atomic E-state index is -1.06. The molecule has 0 aromatic heterocycles. The fraction of sp³-hybridized carbons (Fsp3) is 0.353. The van der Waals surface area contributed by atoms with Crippen molar-refractivity contribution in [1.82, 2.24) is 0 Å². The van der Waals surface area contributed by atoms with Gasteiger partial charge in [0.1, 0.15) is 19.3 Å². The van der Waals surface area contributed by atoms with Gasteiger partial charge in [0.05, 0.1) is 24.3 Å². The molecule has 1 aromatic rings. The minimum Gasteiger partial charge on any atom is -0.459 e. The third-order valence-electron chi connectivity index (χ3n) is 3.46. The van der Waals surface area contributed by atoms with Gasteiger partial charge < -0.3 is 19.4 Å². The van der Waals surface area contributed by atoms with Crippen LogP contribution in [0.4, 0.5) is 0 Å². The maximum Gasteiger partial charge on any atom is 0.338 e. The normalized spacial score (nSPS) is 21.3. The molecule has 1 fully saturated rings. The van der Waals surface area contributed by atoms with E-state index in [1.54, 1.807) is 30.3 Å².